The predicted molar refractivity (Wildman–Crippen MR) is 142 cm³/mol. The molecule has 0 bridgehead atoms. The Bertz CT molecular complexity index is 1420. The van der Waals surface area contributed by atoms with Crippen LogP contribution in [0.15, 0.2) is 78.9 Å². The number of aromatic amines is 1. The molecule has 9 heteroatoms. The third-order valence-corrected chi connectivity index (χ3v) is 6.35. The van der Waals surface area contributed by atoms with Crippen molar-refractivity contribution in [2.45, 2.75) is 19.3 Å². The summed E-state index contributed by atoms with van der Waals surface area (Å²) in [6.45, 7) is 2.11. The minimum atomic E-state index is -1.07. The number of carboxylic acids is 1. The molecule has 0 unspecified atom stereocenters. The fourth-order valence-corrected chi connectivity index (χ4v) is 4.48. The van der Waals surface area contributed by atoms with Gasteiger partial charge in [0.15, 0.2) is 0 Å². The van der Waals surface area contributed by atoms with E-state index in [-0.39, 0.29) is 11.4 Å². The Labute approximate surface area is 213 Å². The van der Waals surface area contributed by atoms with Crippen LogP contribution in [0.25, 0.3) is 11.3 Å². The molecule has 4 aromatic rings. The number of aromatic nitrogens is 1. The van der Waals surface area contributed by atoms with Crippen molar-refractivity contribution in [3.63, 3.8) is 0 Å². The molecule has 9 nitrogen and oxygen atoms in total. The predicted octanol–water partition coefficient (Wildman–Crippen LogP) is 6.81. The molecule has 2 heterocycles. The highest BCUT2D eigenvalue weighted by molar-refractivity contribution is 5.87. The number of hydrogen-bond acceptors (Lipinski definition) is 6. The molecule has 0 radical (unpaired) electrons. The molecular formula is C28H26N4O5. The first-order valence-corrected chi connectivity index (χ1v) is 12.1. The van der Waals surface area contributed by atoms with E-state index in [1.165, 1.54) is 31.4 Å². The van der Waals surface area contributed by atoms with E-state index < -0.39 is 10.9 Å². The number of nitro groups is 1. The fraction of sp³-hybridized carbons (Fsp3) is 0.179. The molecule has 37 heavy (non-hydrogen) atoms. The van der Waals surface area contributed by atoms with Gasteiger partial charge in [-0.1, -0.05) is 12.1 Å². The molecule has 1 aliphatic rings. The molecule has 0 spiro atoms. The van der Waals surface area contributed by atoms with Gasteiger partial charge < -0.3 is 25.0 Å². The van der Waals surface area contributed by atoms with Crippen LogP contribution >= 0.6 is 0 Å². The highest BCUT2D eigenvalue weighted by Gasteiger charge is 2.17. The van der Waals surface area contributed by atoms with Gasteiger partial charge in [-0.2, -0.15) is 0 Å². The minimum Gasteiger partial charge on any atom is -0.477 e. The number of nitrogens with one attached hydrogen (secondary N) is 2. The minimum absolute atomic E-state index is 0.0453. The summed E-state index contributed by atoms with van der Waals surface area (Å²) in [5.41, 5.74) is 3.24. The third kappa shape index (κ3) is 5.40. The number of carboxylic acid groups (broad SMARTS) is 1. The van der Waals surface area contributed by atoms with Crippen LogP contribution in [0.1, 0.15) is 29.8 Å². The van der Waals surface area contributed by atoms with Gasteiger partial charge in [0.25, 0.3) is 5.69 Å². The number of hydrogen-bond donors (Lipinski definition) is 3. The van der Waals surface area contributed by atoms with Gasteiger partial charge in [-0.05, 0) is 79.9 Å². The number of benzene rings is 3. The topological polar surface area (TPSA) is 121 Å². The molecule has 1 saturated heterocycles. The molecule has 5 rings (SSSR count). The number of ether oxygens (including phenoxy) is 1. The van der Waals surface area contributed by atoms with E-state index in [0.717, 1.165) is 18.8 Å². The van der Waals surface area contributed by atoms with Gasteiger partial charge in [0.2, 0.25) is 0 Å². The number of carbonyl (C=O) groups is 1. The van der Waals surface area contributed by atoms with Crippen LogP contribution in [0.4, 0.5) is 22.7 Å². The van der Waals surface area contributed by atoms with E-state index in [4.69, 9.17) is 4.74 Å². The fourth-order valence-electron chi connectivity index (χ4n) is 4.48. The van der Waals surface area contributed by atoms with E-state index in [2.05, 4.69) is 15.2 Å². The molecule has 1 fully saturated rings. The number of para-hydroxylation sites is 2. The second-order valence-electron chi connectivity index (χ2n) is 8.84. The van der Waals surface area contributed by atoms with Crippen molar-refractivity contribution >= 4 is 28.7 Å². The normalized spacial score (nSPS) is 13.2. The summed E-state index contributed by atoms with van der Waals surface area (Å²) in [5.74, 6) is 0.0836. The molecular weight excluding hydrogens is 472 g/mol. The Morgan fingerprint density at radius 1 is 0.973 bits per heavy atom. The van der Waals surface area contributed by atoms with Gasteiger partial charge in [0.05, 0.1) is 4.92 Å². The number of rotatable bonds is 8. The second kappa shape index (κ2) is 10.4. The molecule has 3 N–H and O–H groups in total. The summed E-state index contributed by atoms with van der Waals surface area (Å²) in [6.07, 6.45) is 3.66. The maximum Gasteiger partial charge on any atom is 0.352 e. The number of H-pyrrole nitrogens is 1. The smallest absolute Gasteiger partial charge is 0.352 e. The number of aromatic carboxylic acids is 1. The molecule has 3 aromatic carbocycles. The Morgan fingerprint density at radius 2 is 1.73 bits per heavy atom. The van der Waals surface area contributed by atoms with Gasteiger partial charge in [-0.25, -0.2) is 4.79 Å². The van der Waals surface area contributed by atoms with E-state index in [9.17, 15) is 20.0 Å². The summed E-state index contributed by atoms with van der Waals surface area (Å²) >= 11 is 0. The van der Waals surface area contributed by atoms with Crippen molar-refractivity contribution < 1.29 is 19.6 Å². The van der Waals surface area contributed by atoms with Crippen LogP contribution in [0, 0.1) is 10.1 Å². The monoisotopic (exact) mass is 498 g/mol. The molecule has 0 saturated carbocycles. The average Bonchev–Trinajstić information content (AvgIpc) is 3.41. The van der Waals surface area contributed by atoms with Gasteiger partial charge in [0, 0.05) is 41.8 Å². The highest BCUT2D eigenvalue weighted by atomic mass is 16.6. The van der Waals surface area contributed by atoms with Crippen molar-refractivity contribution in [3.05, 3.63) is 94.7 Å². The zero-order chi connectivity index (χ0) is 25.8. The summed E-state index contributed by atoms with van der Waals surface area (Å²) < 4.78 is 6.22. The summed E-state index contributed by atoms with van der Waals surface area (Å²) in [4.78, 5) is 27.7. The Kier molecular flexibility index (Phi) is 6.76. The van der Waals surface area contributed by atoms with Gasteiger partial charge >= 0.3 is 5.97 Å². The molecule has 0 amide bonds. The first-order valence-electron chi connectivity index (χ1n) is 12.1. The summed E-state index contributed by atoms with van der Waals surface area (Å²) in [5, 5.41) is 23.9. The number of piperidine rings is 1. The molecule has 1 aromatic heterocycles. The van der Waals surface area contributed by atoms with E-state index in [1.54, 1.807) is 42.5 Å². The Hall–Kier alpha value is -4.79. The maximum absolute atomic E-state index is 11.5. The lowest BCUT2D eigenvalue weighted by atomic mass is 10.1. The van der Waals surface area contributed by atoms with Crippen LogP contribution in [0.3, 0.4) is 0 Å². The van der Waals surface area contributed by atoms with E-state index >= 15 is 0 Å². The average molecular weight is 499 g/mol. The van der Waals surface area contributed by atoms with Gasteiger partial charge in [0.1, 0.15) is 22.9 Å². The van der Waals surface area contributed by atoms with Crippen LogP contribution in [-0.4, -0.2) is 34.1 Å². The first-order chi connectivity index (χ1) is 18.0. The van der Waals surface area contributed by atoms with Crippen molar-refractivity contribution in [2.75, 3.05) is 23.3 Å². The quantitative estimate of drug-likeness (QED) is 0.180. The summed E-state index contributed by atoms with van der Waals surface area (Å²) in [7, 11) is 0. The van der Waals surface area contributed by atoms with E-state index in [1.807, 2.05) is 24.3 Å². The molecule has 1 aliphatic heterocycles. The van der Waals surface area contributed by atoms with Gasteiger partial charge in [-0.3, -0.25) is 10.1 Å². The highest BCUT2D eigenvalue weighted by Crippen LogP contribution is 2.37. The SMILES string of the molecule is O=C(O)c1ccc(-c2cc(Nc3ccccc3[N+](=O)[O-])ccc2Oc2ccc(N3CCCCC3)cc2)[nH]1. The lowest BCUT2D eigenvalue weighted by molar-refractivity contribution is -0.383. The van der Waals surface area contributed by atoms with Crippen LogP contribution in [-0.2, 0) is 0 Å². The number of anilines is 3. The van der Waals surface area contributed by atoms with Crippen LogP contribution < -0.4 is 15.0 Å². The summed E-state index contributed by atoms with van der Waals surface area (Å²) in [6, 6.07) is 22.7. The zero-order valence-electron chi connectivity index (χ0n) is 20.0. The standard InChI is InChI=1S/C28H26N4O5/c33-28(34)25-14-13-23(30-25)22-18-19(29-24-6-2-3-7-26(24)32(35)36)8-15-27(22)37-21-11-9-20(10-12-21)31-16-4-1-5-17-31/h2-3,6-15,18,29-30H,1,4-5,16-17H2,(H,33,34). The maximum atomic E-state index is 11.5. The second-order valence-corrected chi connectivity index (χ2v) is 8.84. The number of nitrogens with zero attached hydrogens (tertiary/aromatic N) is 2. The Morgan fingerprint density at radius 3 is 2.43 bits per heavy atom. The molecule has 0 aliphatic carbocycles. The Balaban J connectivity index is 1.46. The van der Waals surface area contributed by atoms with Gasteiger partial charge in [-0.15, -0.1) is 0 Å². The van der Waals surface area contributed by atoms with Crippen molar-refractivity contribution in [2.24, 2.45) is 0 Å². The third-order valence-electron chi connectivity index (χ3n) is 6.35. The molecule has 0 atom stereocenters. The lowest BCUT2D eigenvalue weighted by Gasteiger charge is -2.28. The van der Waals surface area contributed by atoms with E-state index in [0.29, 0.717) is 34.1 Å². The number of nitro benzene ring substituents is 1. The van der Waals surface area contributed by atoms with Crippen molar-refractivity contribution in [3.8, 4) is 22.8 Å². The van der Waals surface area contributed by atoms with Crippen molar-refractivity contribution in [1.29, 1.82) is 0 Å². The lowest BCUT2D eigenvalue weighted by Crippen LogP contribution is -2.29. The molecule has 188 valence electrons. The first kappa shape index (κ1) is 23.9. The zero-order valence-corrected chi connectivity index (χ0v) is 20.0. The largest absolute Gasteiger partial charge is 0.477 e. The van der Waals surface area contributed by atoms with Crippen LogP contribution in [0.2, 0.25) is 0 Å². The van der Waals surface area contributed by atoms with Crippen LogP contribution in [0.5, 0.6) is 11.5 Å². The van der Waals surface area contributed by atoms with Crippen molar-refractivity contribution in [1.82, 2.24) is 4.98 Å².